The number of halogens is 1. The zero-order chi connectivity index (χ0) is 13.9. The highest BCUT2D eigenvalue weighted by molar-refractivity contribution is 7.89. The maximum absolute atomic E-state index is 11.8. The van der Waals surface area contributed by atoms with Crippen LogP contribution in [-0.2, 0) is 10.0 Å². The zero-order valence-electron chi connectivity index (χ0n) is 9.51. The highest BCUT2D eigenvalue weighted by Crippen LogP contribution is 2.25. The van der Waals surface area contributed by atoms with Crippen LogP contribution in [0.25, 0.3) is 0 Å². The maximum atomic E-state index is 11.8. The molecule has 8 heteroatoms. The number of nitro benzene ring substituents is 1. The van der Waals surface area contributed by atoms with Gasteiger partial charge in [-0.1, -0.05) is 23.8 Å². The van der Waals surface area contributed by atoms with E-state index in [1.54, 1.807) is 6.92 Å². The summed E-state index contributed by atoms with van der Waals surface area (Å²) in [4.78, 5) is 9.65. The zero-order valence-corrected chi connectivity index (χ0v) is 11.1. The summed E-state index contributed by atoms with van der Waals surface area (Å²) in [5.74, 6) is 0. The fourth-order valence-electron chi connectivity index (χ4n) is 1.12. The largest absolute Gasteiger partial charge is 0.271 e. The van der Waals surface area contributed by atoms with Gasteiger partial charge < -0.3 is 0 Å². The fourth-order valence-corrected chi connectivity index (χ4v) is 2.75. The smallest absolute Gasteiger partial charge is 0.258 e. The molecule has 0 aliphatic heterocycles. The lowest BCUT2D eigenvalue weighted by Crippen LogP contribution is -2.25. The van der Waals surface area contributed by atoms with Gasteiger partial charge in [-0.2, -0.15) is 0 Å². The summed E-state index contributed by atoms with van der Waals surface area (Å²) >= 11 is 5.73. The van der Waals surface area contributed by atoms with Crippen molar-refractivity contribution in [3.8, 4) is 0 Å². The number of sulfonamides is 1. The third-order valence-electron chi connectivity index (χ3n) is 1.98. The average molecular weight is 291 g/mol. The number of hydrogen-bond donors (Lipinski definition) is 1. The minimum Gasteiger partial charge on any atom is -0.258 e. The lowest BCUT2D eigenvalue weighted by Gasteiger charge is -2.07. The number of nitrogens with one attached hydrogen (secondary N) is 1. The Kier molecular flexibility index (Phi) is 4.44. The first-order chi connectivity index (χ1) is 8.24. The average Bonchev–Trinajstić information content (AvgIpc) is 2.26. The van der Waals surface area contributed by atoms with Crippen LogP contribution < -0.4 is 4.72 Å². The van der Waals surface area contributed by atoms with E-state index in [4.69, 9.17) is 11.6 Å². The van der Waals surface area contributed by atoms with Gasteiger partial charge in [-0.05, 0) is 13.0 Å². The Morgan fingerprint density at radius 1 is 1.56 bits per heavy atom. The monoisotopic (exact) mass is 290 g/mol. The normalized spacial score (nSPS) is 11.2. The Hall–Kier alpha value is -1.44. The number of nitrogens with zero attached hydrogens (tertiary/aromatic N) is 1. The predicted molar refractivity (Wildman–Crippen MR) is 68.1 cm³/mol. The van der Waals surface area contributed by atoms with Crippen molar-refractivity contribution < 1.29 is 13.3 Å². The first kappa shape index (κ1) is 14.6. The summed E-state index contributed by atoms with van der Waals surface area (Å²) in [6.45, 7) is 5.31. The van der Waals surface area contributed by atoms with Gasteiger partial charge in [-0.3, -0.25) is 10.1 Å². The third-order valence-corrected chi connectivity index (χ3v) is 3.86. The van der Waals surface area contributed by atoms with E-state index in [1.807, 2.05) is 0 Å². The molecule has 1 aromatic carbocycles. The van der Waals surface area contributed by atoms with Gasteiger partial charge in [0, 0.05) is 18.7 Å². The predicted octanol–water partition coefficient (Wildman–Crippen LogP) is 2.10. The Labute approximate surface area is 109 Å². The summed E-state index contributed by atoms with van der Waals surface area (Å²) in [6.07, 6.45) is 0. The molecule has 0 unspecified atom stereocenters. The van der Waals surface area contributed by atoms with Gasteiger partial charge in [0.1, 0.15) is 4.90 Å². The topological polar surface area (TPSA) is 89.3 Å². The quantitative estimate of drug-likeness (QED) is 0.511. The Balaban J connectivity index is 3.10. The number of nitro groups is 1. The molecule has 0 aliphatic rings. The van der Waals surface area contributed by atoms with Crippen molar-refractivity contribution in [1.82, 2.24) is 4.72 Å². The molecule has 0 aliphatic carbocycles. The van der Waals surface area contributed by atoms with Crippen LogP contribution in [-0.4, -0.2) is 19.9 Å². The van der Waals surface area contributed by atoms with Crippen molar-refractivity contribution in [1.29, 1.82) is 0 Å². The van der Waals surface area contributed by atoms with Crippen molar-refractivity contribution in [2.45, 2.75) is 11.8 Å². The summed E-state index contributed by atoms with van der Waals surface area (Å²) in [6, 6.07) is 3.18. The van der Waals surface area contributed by atoms with Crippen LogP contribution in [0.3, 0.4) is 0 Å². The minimum absolute atomic E-state index is 0.0790. The van der Waals surface area contributed by atoms with E-state index in [2.05, 4.69) is 11.3 Å². The second kappa shape index (κ2) is 5.47. The SMILES string of the molecule is C=C(C)CNS(=O)(=O)c1ccc([N+](=O)[O-])cc1Cl. The molecule has 0 saturated heterocycles. The van der Waals surface area contributed by atoms with E-state index < -0.39 is 14.9 Å². The molecule has 18 heavy (non-hydrogen) atoms. The molecule has 0 atom stereocenters. The first-order valence-electron chi connectivity index (χ1n) is 4.82. The molecule has 1 N–H and O–H groups in total. The van der Waals surface area contributed by atoms with Crippen LogP contribution in [0.2, 0.25) is 5.02 Å². The number of non-ortho nitro benzene ring substituents is 1. The van der Waals surface area contributed by atoms with Crippen molar-refractivity contribution in [3.05, 3.63) is 45.5 Å². The molecule has 0 heterocycles. The van der Waals surface area contributed by atoms with E-state index in [1.165, 1.54) is 0 Å². The van der Waals surface area contributed by atoms with Crippen LogP contribution >= 0.6 is 11.6 Å². The van der Waals surface area contributed by atoms with Crippen LogP contribution in [0.5, 0.6) is 0 Å². The molecule has 0 bridgehead atoms. The molecule has 0 spiro atoms. The van der Waals surface area contributed by atoms with Crippen molar-refractivity contribution >= 4 is 27.3 Å². The van der Waals surface area contributed by atoms with Crippen LogP contribution in [0.1, 0.15) is 6.92 Å². The molecule has 1 aromatic rings. The van der Waals surface area contributed by atoms with Gasteiger partial charge in [0.15, 0.2) is 0 Å². The molecule has 0 saturated carbocycles. The van der Waals surface area contributed by atoms with Crippen LogP contribution in [0.4, 0.5) is 5.69 Å². The second-order valence-corrected chi connectivity index (χ2v) is 5.80. The van der Waals surface area contributed by atoms with Crippen molar-refractivity contribution in [2.24, 2.45) is 0 Å². The summed E-state index contributed by atoms with van der Waals surface area (Å²) < 4.78 is 25.9. The second-order valence-electron chi connectivity index (χ2n) is 3.65. The molecule has 0 amide bonds. The first-order valence-corrected chi connectivity index (χ1v) is 6.68. The molecular formula is C10H11ClN2O4S. The van der Waals surface area contributed by atoms with E-state index in [-0.39, 0.29) is 22.2 Å². The van der Waals surface area contributed by atoms with E-state index in [0.29, 0.717) is 5.57 Å². The van der Waals surface area contributed by atoms with Gasteiger partial charge in [-0.25, -0.2) is 13.1 Å². The molecule has 1 rings (SSSR count). The van der Waals surface area contributed by atoms with Crippen LogP contribution in [0.15, 0.2) is 35.2 Å². The number of benzene rings is 1. The molecule has 6 nitrogen and oxygen atoms in total. The number of hydrogen-bond acceptors (Lipinski definition) is 4. The third kappa shape index (κ3) is 3.52. The Morgan fingerprint density at radius 3 is 2.61 bits per heavy atom. The van der Waals surface area contributed by atoms with Gasteiger partial charge in [0.05, 0.1) is 9.95 Å². The van der Waals surface area contributed by atoms with E-state index in [9.17, 15) is 18.5 Å². The molecular weight excluding hydrogens is 280 g/mol. The Bertz CT molecular complexity index is 598. The van der Waals surface area contributed by atoms with E-state index >= 15 is 0 Å². The molecule has 0 aromatic heterocycles. The molecule has 0 radical (unpaired) electrons. The van der Waals surface area contributed by atoms with E-state index in [0.717, 1.165) is 18.2 Å². The summed E-state index contributed by atoms with van der Waals surface area (Å²) in [5.41, 5.74) is 0.371. The maximum Gasteiger partial charge on any atom is 0.271 e. The van der Waals surface area contributed by atoms with Gasteiger partial charge in [0.2, 0.25) is 10.0 Å². The van der Waals surface area contributed by atoms with Crippen LogP contribution in [0, 0.1) is 10.1 Å². The summed E-state index contributed by atoms with van der Waals surface area (Å²) in [5, 5.41) is 10.3. The number of rotatable bonds is 5. The minimum atomic E-state index is -3.79. The highest BCUT2D eigenvalue weighted by Gasteiger charge is 2.20. The van der Waals surface area contributed by atoms with Gasteiger partial charge in [-0.15, -0.1) is 0 Å². The van der Waals surface area contributed by atoms with Crippen molar-refractivity contribution in [3.63, 3.8) is 0 Å². The van der Waals surface area contributed by atoms with Gasteiger partial charge >= 0.3 is 0 Å². The molecule has 98 valence electrons. The lowest BCUT2D eigenvalue weighted by atomic mass is 10.3. The van der Waals surface area contributed by atoms with Gasteiger partial charge in [0.25, 0.3) is 5.69 Å². The standard InChI is InChI=1S/C10H11ClN2O4S/c1-7(2)6-12-18(16,17)10-4-3-8(13(14)15)5-9(10)11/h3-5,12H,1,6H2,2H3. The fraction of sp³-hybridized carbons (Fsp3) is 0.200. The molecule has 0 fully saturated rings. The lowest BCUT2D eigenvalue weighted by molar-refractivity contribution is -0.384. The Morgan fingerprint density at radius 2 is 2.17 bits per heavy atom. The summed E-state index contributed by atoms with van der Waals surface area (Å²) in [7, 11) is -3.79. The highest BCUT2D eigenvalue weighted by atomic mass is 35.5. The van der Waals surface area contributed by atoms with Crippen molar-refractivity contribution in [2.75, 3.05) is 6.54 Å².